The zero-order valence-electron chi connectivity index (χ0n) is 9.24. The molecule has 0 amide bonds. The highest BCUT2D eigenvalue weighted by Gasteiger charge is 2.15. The number of unbranched alkanes of at least 4 members (excludes halogenated alkanes) is 4. The van der Waals surface area contributed by atoms with Crippen molar-refractivity contribution in [3.63, 3.8) is 0 Å². The summed E-state index contributed by atoms with van der Waals surface area (Å²) < 4.78 is 11.5. The molecule has 14 heavy (non-hydrogen) atoms. The van der Waals surface area contributed by atoms with Crippen molar-refractivity contribution in [2.24, 2.45) is 5.73 Å². The summed E-state index contributed by atoms with van der Waals surface area (Å²) in [5.41, 5.74) is 5.30. The van der Waals surface area contributed by atoms with Crippen LogP contribution in [0.5, 0.6) is 0 Å². The smallest absolute Gasteiger partial charge is 0.200 e. The fourth-order valence-corrected chi connectivity index (χ4v) is 3.03. The summed E-state index contributed by atoms with van der Waals surface area (Å²) in [5.74, 6) is 0. The number of hydrogen-bond acceptors (Lipinski definition) is 2. The zero-order chi connectivity index (χ0) is 10.9. The normalized spacial score (nSPS) is 15.4. The van der Waals surface area contributed by atoms with Gasteiger partial charge in [-0.1, -0.05) is 32.6 Å². The molecule has 0 heterocycles. The maximum Gasteiger partial charge on any atom is 0.200 e. The topological polar surface area (TPSA) is 63.3 Å². The Bertz CT molecular complexity index is 174. The van der Waals surface area contributed by atoms with Crippen LogP contribution in [-0.4, -0.2) is 23.8 Å². The summed E-state index contributed by atoms with van der Waals surface area (Å²) in [6, 6.07) is 0. The van der Waals surface area contributed by atoms with Crippen molar-refractivity contribution >= 4 is 7.37 Å². The van der Waals surface area contributed by atoms with Crippen LogP contribution >= 0.6 is 7.37 Å². The summed E-state index contributed by atoms with van der Waals surface area (Å²) in [5, 5.41) is 0. The molecule has 0 aromatic rings. The Balaban J connectivity index is 3.40. The first-order valence-electron chi connectivity index (χ1n) is 5.63. The van der Waals surface area contributed by atoms with Crippen molar-refractivity contribution in [3.05, 3.63) is 0 Å². The van der Waals surface area contributed by atoms with Gasteiger partial charge in [0.1, 0.15) is 0 Å². The molecule has 1 atom stereocenters. The van der Waals surface area contributed by atoms with Crippen LogP contribution in [0.1, 0.15) is 45.4 Å². The first-order valence-corrected chi connectivity index (χ1v) is 7.66. The molecule has 0 aliphatic heterocycles. The molecule has 0 saturated heterocycles. The second kappa shape index (κ2) is 8.46. The number of nitrogens with two attached hydrogens (primary N) is 1. The number of hydrogen-bond donors (Lipinski definition) is 2. The lowest BCUT2D eigenvalue weighted by Crippen LogP contribution is -2.03. The van der Waals surface area contributed by atoms with Gasteiger partial charge in [0.2, 0.25) is 7.37 Å². The van der Waals surface area contributed by atoms with Crippen molar-refractivity contribution in [2.75, 3.05) is 18.9 Å². The average Bonchev–Trinajstić information content (AvgIpc) is 2.15. The Morgan fingerprint density at radius 1 is 1.07 bits per heavy atom. The lowest BCUT2D eigenvalue weighted by Gasteiger charge is -2.10. The van der Waals surface area contributed by atoms with Crippen LogP contribution in [0, 0.1) is 0 Å². The highest BCUT2D eigenvalue weighted by Crippen LogP contribution is 2.41. The van der Waals surface area contributed by atoms with Gasteiger partial charge in [-0.3, -0.25) is 4.57 Å². The van der Waals surface area contributed by atoms with E-state index >= 15 is 0 Å². The van der Waals surface area contributed by atoms with E-state index in [0.717, 1.165) is 12.8 Å². The molecule has 0 aromatic carbocycles. The van der Waals surface area contributed by atoms with E-state index in [9.17, 15) is 9.46 Å². The maximum absolute atomic E-state index is 11.5. The standard InChI is InChI=1S/C10H24NO2P/c1-2-3-4-5-6-9-14(12,13)10-7-8-11/h2-11H2,1H3,(H,12,13). The molecule has 0 saturated carbocycles. The summed E-state index contributed by atoms with van der Waals surface area (Å²) in [4.78, 5) is 9.50. The van der Waals surface area contributed by atoms with Gasteiger partial charge in [0.15, 0.2) is 0 Å². The van der Waals surface area contributed by atoms with Crippen LogP contribution in [0.2, 0.25) is 0 Å². The fraction of sp³-hybridized carbons (Fsp3) is 1.00. The Hall–Kier alpha value is 0.150. The zero-order valence-corrected chi connectivity index (χ0v) is 10.1. The predicted molar refractivity (Wildman–Crippen MR) is 62.0 cm³/mol. The fourth-order valence-electron chi connectivity index (χ4n) is 1.41. The molecule has 0 spiro atoms. The largest absolute Gasteiger partial charge is 0.344 e. The van der Waals surface area contributed by atoms with Crippen LogP contribution < -0.4 is 5.73 Å². The lowest BCUT2D eigenvalue weighted by atomic mass is 10.2. The summed E-state index contributed by atoms with van der Waals surface area (Å²) in [6.45, 7) is 2.68. The lowest BCUT2D eigenvalue weighted by molar-refractivity contribution is 0.472. The van der Waals surface area contributed by atoms with Gasteiger partial charge in [-0.15, -0.1) is 0 Å². The van der Waals surface area contributed by atoms with Crippen molar-refractivity contribution in [2.45, 2.75) is 45.4 Å². The van der Waals surface area contributed by atoms with Gasteiger partial charge in [0.05, 0.1) is 0 Å². The Morgan fingerprint density at radius 3 is 2.21 bits per heavy atom. The van der Waals surface area contributed by atoms with E-state index in [1.165, 1.54) is 19.3 Å². The molecule has 0 fully saturated rings. The summed E-state index contributed by atoms with van der Waals surface area (Å²) in [6.07, 6.45) is 7.16. The summed E-state index contributed by atoms with van der Waals surface area (Å²) in [7, 11) is -2.84. The van der Waals surface area contributed by atoms with Crippen LogP contribution in [0.4, 0.5) is 0 Å². The van der Waals surface area contributed by atoms with E-state index in [1.54, 1.807) is 0 Å². The Morgan fingerprint density at radius 2 is 1.64 bits per heavy atom. The van der Waals surface area contributed by atoms with E-state index in [4.69, 9.17) is 5.73 Å². The van der Waals surface area contributed by atoms with E-state index in [2.05, 4.69) is 6.92 Å². The first kappa shape index (κ1) is 14.2. The average molecular weight is 221 g/mol. The second-order valence-corrected chi connectivity index (χ2v) is 6.44. The Labute approximate surface area is 87.5 Å². The SMILES string of the molecule is CCCCCCCP(=O)(O)CCCN. The van der Waals surface area contributed by atoms with Crippen molar-refractivity contribution < 1.29 is 9.46 Å². The maximum atomic E-state index is 11.5. The predicted octanol–water partition coefficient (Wildman–Crippen LogP) is 2.58. The molecule has 86 valence electrons. The van der Waals surface area contributed by atoms with Gasteiger partial charge in [0.25, 0.3) is 0 Å². The van der Waals surface area contributed by atoms with Gasteiger partial charge < -0.3 is 10.6 Å². The van der Waals surface area contributed by atoms with Gasteiger partial charge in [-0.05, 0) is 19.4 Å². The van der Waals surface area contributed by atoms with E-state index < -0.39 is 7.37 Å². The molecular weight excluding hydrogens is 197 g/mol. The highest BCUT2D eigenvalue weighted by molar-refractivity contribution is 7.57. The molecule has 1 unspecified atom stereocenters. The van der Waals surface area contributed by atoms with Crippen LogP contribution in [0.15, 0.2) is 0 Å². The van der Waals surface area contributed by atoms with Crippen molar-refractivity contribution in [1.29, 1.82) is 0 Å². The number of rotatable bonds is 9. The van der Waals surface area contributed by atoms with E-state index in [1.807, 2.05) is 0 Å². The molecule has 0 bridgehead atoms. The van der Waals surface area contributed by atoms with Crippen LogP contribution in [0.3, 0.4) is 0 Å². The minimum Gasteiger partial charge on any atom is -0.344 e. The minimum atomic E-state index is -2.84. The minimum absolute atomic E-state index is 0.400. The second-order valence-electron chi connectivity index (χ2n) is 3.85. The van der Waals surface area contributed by atoms with Crippen molar-refractivity contribution in [1.82, 2.24) is 0 Å². The third kappa shape index (κ3) is 8.74. The molecule has 0 radical (unpaired) electrons. The first-order chi connectivity index (χ1) is 6.62. The van der Waals surface area contributed by atoms with E-state index in [0.29, 0.717) is 25.3 Å². The molecule has 0 aromatic heterocycles. The van der Waals surface area contributed by atoms with Crippen LogP contribution in [-0.2, 0) is 4.57 Å². The van der Waals surface area contributed by atoms with Gasteiger partial charge in [-0.2, -0.15) is 0 Å². The monoisotopic (exact) mass is 221 g/mol. The van der Waals surface area contributed by atoms with Crippen molar-refractivity contribution in [3.8, 4) is 0 Å². The van der Waals surface area contributed by atoms with Crippen LogP contribution in [0.25, 0.3) is 0 Å². The quantitative estimate of drug-likeness (QED) is 0.464. The molecule has 3 nitrogen and oxygen atoms in total. The third-order valence-electron chi connectivity index (χ3n) is 2.32. The van der Waals surface area contributed by atoms with E-state index in [-0.39, 0.29) is 0 Å². The molecule has 0 aliphatic rings. The Kier molecular flexibility index (Phi) is 8.55. The van der Waals surface area contributed by atoms with Gasteiger partial charge in [0, 0.05) is 12.3 Å². The van der Waals surface area contributed by atoms with Gasteiger partial charge >= 0.3 is 0 Å². The molecule has 3 N–H and O–H groups in total. The molecule has 0 aliphatic carbocycles. The third-order valence-corrected chi connectivity index (χ3v) is 4.35. The molecular formula is C10H24NO2P. The molecule has 4 heteroatoms. The molecule has 0 rings (SSSR count). The van der Waals surface area contributed by atoms with Gasteiger partial charge in [-0.25, -0.2) is 0 Å². The highest BCUT2D eigenvalue weighted by atomic mass is 31.2. The summed E-state index contributed by atoms with van der Waals surface area (Å²) >= 11 is 0.